The second kappa shape index (κ2) is 7.43. The lowest BCUT2D eigenvalue weighted by Crippen LogP contribution is -2.55. The smallest absolute Gasteiger partial charge is 0.327 e. The van der Waals surface area contributed by atoms with E-state index < -0.39 is 21.3 Å². The lowest BCUT2D eigenvalue weighted by molar-refractivity contribution is 0.129. The Morgan fingerprint density at radius 1 is 1.06 bits per heavy atom. The number of carbonyl (C=O) groups excluding carboxylic acids is 1. The average Bonchev–Trinajstić information content (AvgIpc) is 3.08. The molecular formula is C18H23N7O5S. The second-order valence-corrected chi connectivity index (χ2v) is 10.1. The third kappa shape index (κ3) is 3.42. The first-order valence-corrected chi connectivity index (χ1v) is 11.7. The molecule has 3 aliphatic heterocycles. The van der Waals surface area contributed by atoms with Gasteiger partial charge in [-0.2, -0.15) is 4.31 Å². The lowest BCUT2D eigenvalue weighted by Gasteiger charge is -2.40. The van der Waals surface area contributed by atoms with Crippen molar-refractivity contribution in [2.75, 3.05) is 26.2 Å². The number of fused-ring (bicyclic) bond motifs is 2. The highest BCUT2D eigenvalue weighted by atomic mass is 32.2. The number of aromatic amines is 2. The fourth-order valence-electron chi connectivity index (χ4n) is 4.83. The summed E-state index contributed by atoms with van der Waals surface area (Å²) in [6.45, 7) is 2.15. The van der Waals surface area contributed by atoms with Gasteiger partial charge in [0.2, 0.25) is 10.0 Å². The fraction of sp³-hybridized carbons (Fsp3) is 0.556. The zero-order valence-corrected chi connectivity index (χ0v) is 17.4. The number of pyridine rings is 1. The first-order chi connectivity index (χ1) is 14.8. The molecule has 0 saturated carbocycles. The highest BCUT2D eigenvalue weighted by Crippen LogP contribution is 2.30. The van der Waals surface area contributed by atoms with Gasteiger partial charge in [-0.3, -0.25) is 14.8 Å². The zero-order valence-electron chi connectivity index (χ0n) is 16.6. The van der Waals surface area contributed by atoms with Crippen LogP contribution in [0.1, 0.15) is 19.3 Å². The normalized spacial score (nSPS) is 25.5. The summed E-state index contributed by atoms with van der Waals surface area (Å²) in [5.74, 6) is 0. The van der Waals surface area contributed by atoms with Gasteiger partial charge < -0.3 is 15.5 Å². The number of nitrogens with zero attached hydrogens (tertiary/aromatic N) is 3. The number of H-pyrrole nitrogens is 2. The van der Waals surface area contributed by atoms with E-state index in [0.29, 0.717) is 6.42 Å². The van der Waals surface area contributed by atoms with E-state index in [-0.39, 0.29) is 53.2 Å². The molecule has 2 amide bonds. The standard InChI is InChI=1S/C18H23N7O5S/c26-16-12-7-11(8-20-15(12)22-17(27)23-16)31(29,30)24-6-3-14-13(9-24)21-18(28)25(14)10-1-4-19-5-2-10/h7-8,10,13-14,19H,1-6,9H2,(H,21,28)(H2,20,22,23,26,27). The van der Waals surface area contributed by atoms with Crippen molar-refractivity contribution in [1.82, 2.24) is 34.8 Å². The molecule has 2 atom stereocenters. The number of hydrogen-bond donors (Lipinski definition) is 4. The van der Waals surface area contributed by atoms with Gasteiger partial charge in [-0.05, 0) is 38.4 Å². The van der Waals surface area contributed by atoms with Gasteiger partial charge in [0.25, 0.3) is 5.56 Å². The van der Waals surface area contributed by atoms with Crippen LogP contribution in [0.25, 0.3) is 11.0 Å². The van der Waals surface area contributed by atoms with Crippen LogP contribution in [0.15, 0.2) is 26.7 Å². The molecule has 0 aliphatic carbocycles. The van der Waals surface area contributed by atoms with Crippen molar-refractivity contribution in [2.24, 2.45) is 0 Å². The van der Waals surface area contributed by atoms with Crippen LogP contribution >= 0.6 is 0 Å². The zero-order chi connectivity index (χ0) is 21.8. The molecule has 0 radical (unpaired) electrons. The van der Waals surface area contributed by atoms with Gasteiger partial charge in [-0.1, -0.05) is 0 Å². The summed E-state index contributed by atoms with van der Waals surface area (Å²) in [5, 5.41) is 6.23. The maximum atomic E-state index is 13.2. The molecule has 3 aliphatic rings. The third-order valence-corrected chi connectivity index (χ3v) is 8.18. The van der Waals surface area contributed by atoms with Crippen molar-refractivity contribution >= 4 is 27.1 Å². The molecule has 4 N–H and O–H groups in total. The number of piperidine rings is 2. The van der Waals surface area contributed by atoms with Gasteiger partial charge in [-0.15, -0.1) is 0 Å². The Balaban J connectivity index is 1.39. The van der Waals surface area contributed by atoms with E-state index in [0.717, 1.165) is 32.1 Å². The number of carbonyl (C=O) groups is 1. The highest BCUT2D eigenvalue weighted by Gasteiger charge is 2.47. The first-order valence-electron chi connectivity index (χ1n) is 10.3. The van der Waals surface area contributed by atoms with E-state index in [1.54, 1.807) is 0 Å². The summed E-state index contributed by atoms with van der Waals surface area (Å²) in [6.07, 6.45) is 3.44. The molecule has 2 aromatic rings. The van der Waals surface area contributed by atoms with Gasteiger partial charge in [0.1, 0.15) is 10.5 Å². The molecule has 5 rings (SSSR count). The Labute approximate surface area is 177 Å². The van der Waals surface area contributed by atoms with Gasteiger partial charge >= 0.3 is 11.7 Å². The molecule has 3 saturated heterocycles. The number of aromatic nitrogens is 3. The first kappa shape index (κ1) is 20.2. The number of hydrogen-bond acceptors (Lipinski definition) is 7. The summed E-state index contributed by atoms with van der Waals surface area (Å²) in [7, 11) is -3.93. The average molecular weight is 449 g/mol. The maximum absolute atomic E-state index is 13.2. The molecule has 166 valence electrons. The predicted molar refractivity (Wildman–Crippen MR) is 110 cm³/mol. The van der Waals surface area contributed by atoms with E-state index in [9.17, 15) is 22.8 Å². The minimum absolute atomic E-state index is 0.0122. The molecule has 0 aromatic carbocycles. The van der Waals surface area contributed by atoms with Crippen LogP contribution in [-0.4, -0.2) is 82.9 Å². The topological polar surface area (TPSA) is 160 Å². The van der Waals surface area contributed by atoms with Gasteiger partial charge in [0, 0.05) is 25.3 Å². The number of nitrogens with one attached hydrogen (secondary N) is 4. The second-order valence-electron chi connectivity index (χ2n) is 8.14. The van der Waals surface area contributed by atoms with Gasteiger partial charge in [-0.25, -0.2) is 23.0 Å². The van der Waals surface area contributed by atoms with E-state index in [1.807, 2.05) is 4.90 Å². The monoisotopic (exact) mass is 449 g/mol. The van der Waals surface area contributed by atoms with Gasteiger partial charge in [0.15, 0.2) is 0 Å². The summed E-state index contributed by atoms with van der Waals surface area (Å²) in [6, 6.07) is 0.915. The Kier molecular flexibility index (Phi) is 4.83. The van der Waals surface area contributed by atoms with Crippen molar-refractivity contribution in [3.63, 3.8) is 0 Å². The molecular weight excluding hydrogens is 426 g/mol. The predicted octanol–water partition coefficient (Wildman–Crippen LogP) is -1.48. The van der Waals surface area contributed by atoms with E-state index >= 15 is 0 Å². The summed E-state index contributed by atoms with van der Waals surface area (Å²) in [4.78, 5) is 46.2. The molecule has 12 nitrogen and oxygen atoms in total. The van der Waals surface area contributed by atoms with Crippen molar-refractivity contribution in [1.29, 1.82) is 0 Å². The lowest BCUT2D eigenvalue weighted by atomic mass is 9.97. The van der Waals surface area contributed by atoms with Crippen molar-refractivity contribution in [2.45, 2.75) is 42.3 Å². The van der Waals surface area contributed by atoms with E-state index in [2.05, 4.69) is 25.6 Å². The molecule has 31 heavy (non-hydrogen) atoms. The van der Waals surface area contributed by atoms with Gasteiger partial charge in [0.05, 0.1) is 17.5 Å². The Morgan fingerprint density at radius 3 is 2.61 bits per heavy atom. The molecule has 2 unspecified atom stereocenters. The molecule has 13 heteroatoms. The van der Waals surface area contributed by atoms with E-state index in [4.69, 9.17) is 0 Å². The summed E-state index contributed by atoms with van der Waals surface area (Å²) < 4.78 is 27.8. The fourth-order valence-corrected chi connectivity index (χ4v) is 6.28. The Bertz CT molecular complexity index is 1250. The van der Waals surface area contributed by atoms with Crippen LogP contribution in [0, 0.1) is 0 Å². The van der Waals surface area contributed by atoms with Crippen LogP contribution < -0.4 is 21.9 Å². The molecule has 3 fully saturated rings. The Morgan fingerprint density at radius 2 is 1.84 bits per heavy atom. The summed E-state index contributed by atoms with van der Waals surface area (Å²) in [5.41, 5.74) is -1.40. The van der Waals surface area contributed by atoms with Crippen molar-refractivity contribution in [3.8, 4) is 0 Å². The molecule has 0 spiro atoms. The number of sulfonamides is 1. The maximum Gasteiger partial charge on any atom is 0.327 e. The highest BCUT2D eigenvalue weighted by molar-refractivity contribution is 7.89. The largest absolute Gasteiger partial charge is 0.332 e. The van der Waals surface area contributed by atoms with Crippen LogP contribution in [0.4, 0.5) is 4.79 Å². The molecule has 5 heterocycles. The Hall–Kier alpha value is -2.77. The summed E-state index contributed by atoms with van der Waals surface area (Å²) >= 11 is 0. The third-order valence-electron chi connectivity index (χ3n) is 6.35. The number of amides is 2. The van der Waals surface area contributed by atoms with E-state index in [1.165, 1.54) is 10.4 Å². The van der Waals surface area contributed by atoms with Crippen molar-refractivity contribution < 1.29 is 13.2 Å². The number of rotatable bonds is 3. The SMILES string of the molecule is O=C1NC2CN(S(=O)(=O)c3cnc4[nH]c(=O)[nH]c(=O)c4c3)CCC2N1C1CCNCC1. The minimum Gasteiger partial charge on any atom is -0.332 e. The van der Waals surface area contributed by atoms with Crippen molar-refractivity contribution in [3.05, 3.63) is 33.1 Å². The minimum atomic E-state index is -3.93. The van der Waals surface area contributed by atoms with Crippen LogP contribution in [0.2, 0.25) is 0 Å². The molecule has 2 aromatic heterocycles. The van der Waals surface area contributed by atoms with Crippen LogP contribution in [-0.2, 0) is 10.0 Å². The number of urea groups is 1. The quantitative estimate of drug-likeness (QED) is 0.444. The van der Waals surface area contributed by atoms with Crippen LogP contribution in [0.3, 0.4) is 0 Å². The molecule has 0 bridgehead atoms. The van der Waals surface area contributed by atoms with Crippen LogP contribution in [0.5, 0.6) is 0 Å².